The number of pyridine rings is 1. The third kappa shape index (κ3) is 3.69. The van der Waals surface area contributed by atoms with Crippen LogP contribution in [0.4, 0.5) is 13.2 Å². The highest BCUT2D eigenvalue weighted by Gasteiger charge is 2.31. The van der Waals surface area contributed by atoms with E-state index >= 15 is 0 Å². The summed E-state index contributed by atoms with van der Waals surface area (Å²) in [5.74, 6) is -1.40. The first-order valence-electron chi connectivity index (χ1n) is 3.83. The van der Waals surface area contributed by atoms with Gasteiger partial charge in [-0.1, -0.05) is 0 Å². The smallest absolute Gasteiger partial charge is 0.464 e. The van der Waals surface area contributed by atoms with Crippen molar-refractivity contribution in [3.05, 3.63) is 22.4 Å². The second-order valence-electron chi connectivity index (χ2n) is 2.55. The van der Waals surface area contributed by atoms with Crippen LogP contribution in [0.1, 0.15) is 10.5 Å². The zero-order valence-corrected chi connectivity index (χ0v) is 9.42. The van der Waals surface area contributed by atoms with Gasteiger partial charge in [-0.3, -0.25) is 0 Å². The number of carbonyl (C=O) groups is 1. The Labute approximate surface area is 96.5 Å². The van der Waals surface area contributed by atoms with Crippen molar-refractivity contribution in [1.29, 1.82) is 0 Å². The van der Waals surface area contributed by atoms with Crippen molar-refractivity contribution in [3.8, 4) is 5.75 Å². The molecule has 0 N–H and O–H groups in total. The maximum Gasteiger partial charge on any atom is 0.573 e. The molecule has 0 aliphatic rings. The van der Waals surface area contributed by atoms with Crippen LogP contribution in [0.5, 0.6) is 5.75 Å². The predicted molar refractivity (Wildman–Crippen MR) is 50.0 cm³/mol. The predicted octanol–water partition coefficient (Wildman–Crippen LogP) is 2.53. The first-order valence-corrected chi connectivity index (χ1v) is 4.63. The summed E-state index contributed by atoms with van der Waals surface area (Å²) in [5, 5.41) is 0. The summed E-state index contributed by atoms with van der Waals surface area (Å²) in [7, 11) is 1.09. The van der Waals surface area contributed by atoms with E-state index in [0.717, 1.165) is 19.2 Å². The zero-order valence-electron chi connectivity index (χ0n) is 7.84. The standard InChI is InChI=1S/C8H5BrF3NO3/c1-15-7(14)5-2-4(3-6(9)13-5)16-8(10,11)12/h2-3H,1H3. The van der Waals surface area contributed by atoms with Crippen molar-refractivity contribution < 1.29 is 27.4 Å². The molecule has 0 unspecified atom stereocenters. The molecule has 4 nitrogen and oxygen atoms in total. The van der Waals surface area contributed by atoms with Gasteiger partial charge in [-0.05, 0) is 15.9 Å². The Balaban J connectivity index is 3.03. The van der Waals surface area contributed by atoms with E-state index in [1.165, 1.54) is 0 Å². The summed E-state index contributed by atoms with van der Waals surface area (Å²) < 4.78 is 43.7. The van der Waals surface area contributed by atoms with Crippen LogP contribution in [-0.2, 0) is 4.74 Å². The van der Waals surface area contributed by atoms with E-state index in [0.29, 0.717) is 0 Å². The number of ether oxygens (including phenoxy) is 2. The normalized spacial score (nSPS) is 11.1. The van der Waals surface area contributed by atoms with Crippen molar-refractivity contribution in [2.45, 2.75) is 6.36 Å². The average molecular weight is 300 g/mol. The summed E-state index contributed by atoms with van der Waals surface area (Å²) >= 11 is 2.85. The molecule has 0 aromatic carbocycles. The maximum absolute atomic E-state index is 11.9. The fourth-order valence-electron chi connectivity index (χ4n) is 0.875. The summed E-state index contributed by atoms with van der Waals surface area (Å²) in [4.78, 5) is 14.7. The molecular weight excluding hydrogens is 295 g/mol. The zero-order chi connectivity index (χ0) is 12.3. The summed E-state index contributed by atoms with van der Waals surface area (Å²) in [5.41, 5.74) is -0.281. The van der Waals surface area contributed by atoms with Gasteiger partial charge >= 0.3 is 12.3 Å². The van der Waals surface area contributed by atoms with E-state index in [1.54, 1.807) is 0 Å². The molecule has 88 valence electrons. The molecule has 0 aliphatic carbocycles. The van der Waals surface area contributed by atoms with Crippen LogP contribution in [0, 0.1) is 0 Å². The number of hydrogen-bond acceptors (Lipinski definition) is 4. The Morgan fingerprint density at radius 2 is 2.06 bits per heavy atom. The van der Waals surface area contributed by atoms with Gasteiger partial charge in [0.15, 0.2) is 5.69 Å². The van der Waals surface area contributed by atoms with Gasteiger partial charge in [-0.25, -0.2) is 9.78 Å². The molecule has 0 spiro atoms. The van der Waals surface area contributed by atoms with Crippen LogP contribution >= 0.6 is 15.9 Å². The fraction of sp³-hybridized carbons (Fsp3) is 0.250. The topological polar surface area (TPSA) is 48.4 Å². The van der Waals surface area contributed by atoms with Gasteiger partial charge < -0.3 is 9.47 Å². The molecule has 0 radical (unpaired) electrons. The molecule has 1 aromatic rings. The van der Waals surface area contributed by atoms with Gasteiger partial charge in [0.2, 0.25) is 0 Å². The number of halogens is 4. The van der Waals surface area contributed by atoms with Gasteiger partial charge in [-0.2, -0.15) is 0 Å². The highest BCUT2D eigenvalue weighted by molar-refractivity contribution is 9.10. The number of nitrogens with zero attached hydrogens (tertiary/aromatic N) is 1. The van der Waals surface area contributed by atoms with Gasteiger partial charge in [-0.15, -0.1) is 13.2 Å². The SMILES string of the molecule is COC(=O)c1cc(OC(F)(F)F)cc(Br)n1. The number of aromatic nitrogens is 1. The van der Waals surface area contributed by atoms with E-state index in [9.17, 15) is 18.0 Å². The van der Waals surface area contributed by atoms with Gasteiger partial charge in [0.1, 0.15) is 10.4 Å². The largest absolute Gasteiger partial charge is 0.573 e. The number of methoxy groups -OCH3 is 1. The van der Waals surface area contributed by atoms with Crippen molar-refractivity contribution in [2.24, 2.45) is 0 Å². The fourth-order valence-corrected chi connectivity index (χ4v) is 1.29. The van der Waals surface area contributed by atoms with Gasteiger partial charge in [0, 0.05) is 12.1 Å². The minimum Gasteiger partial charge on any atom is -0.464 e. The minimum absolute atomic E-state index is 0.0367. The second kappa shape index (κ2) is 4.69. The van der Waals surface area contributed by atoms with E-state index in [1.807, 2.05) is 0 Å². The molecule has 0 aliphatic heterocycles. The van der Waals surface area contributed by atoms with Crippen molar-refractivity contribution in [3.63, 3.8) is 0 Å². The van der Waals surface area contributed by atoms with Gasteiger partial charge in [0.25, 0.3) is 0 Å². The molecule has 0 amide bonds. The Morgan fingerprint density at radius 1 is 1.44 bits per heavy atom. The molecule has 0 bridgehead atoms. The van der Waals surface area contributed by atoms with Crippen molar-refractivity contribution in [2.75, 3.05) is 7.11 Å². The van der Waals surface area contributed by atoms with E-state index in [2.05, 4.69) is 30.4 Å². The van der Waals surface area contributed by atoms with Crippen LogP contribution in [-0.4, -0.2) is 24.4 Å². The lowest BCUT2D eigenvalue weighted by Crippen LogP contribution is -2.17. The Kier molecular flexibility index (Phi) is 3.74. The molecule has 16 heavy (non-hydrogen) atoms. The summed E-state index contributed by atoms with van der Waals surface area (Å²) in [6.45, 7) is 0. The quantitative estimate of drug-likeness (QED) is 0.622. The number of rotatable bonds is 2. The third-order valence-electron chi connectivity index (χ3n) is 1.40. The first-order chi connectivity index (χ1) is 7.31. The van der Waals surface area contributed by atoms with Crippen LogP contribution < -0.4 is 4.74 Å². The Morgan fingerprint density at radius 3 is 2.56 bits per heavy atom. The van der Waals surface area contributed by atoms with E-state index < -0.39 is 18.1 Å². The molecule has 1 heterocycles. The summed E-state index contributed by atoms with van der Waals surface area (Å²) in [6, 6.07) is 1.82. The molecule has 0 saturated carbocycles. The number of hydrogen-bond donors (Lipinski definition) is 0. The van der Waals surface area contributed by atoms with Crippen LogP contribution in [0.3, 0.4) is 0 Å². The summed E-state index contributed by atoms with van der Waals surface area (Å²) in [6.07, 6.45) is -4.83. The lowest BCUT2D eigenvalue weighted by molar-refractivity contribution is -0.274. The lowest BCUT2D eigenvalue weighted by atomic mass is 10.3. The van der Waals surface area contributed by atoms with E-state index in [4.69, 9.17) is 0 Å². The molecular formula is C8H5BrF3NO3. The Bertz CT molecular complexity index is 408. The molecule has 1 aromatic heterocycles. The van der Waals surface area contributed by atoms with Crippen LogP contribution in [0.25, 0.3) is 0 Å². The average Bonchev–Trinajstić information content (AvgIpc) is 2.12. The molecule has 0 fully saturated rings. The number of esters is 1. The number of alkyl halides is 3. The van der Waals surface area contributed by atoms with Gasteiger partial charge in [0.05, 0.1) is 7.11 Å². The van der Waals surface area contributed by atoms with Crippen molar-refractivity contribution in [1.82, 2.24) is 4.98 Å². The molecule has 8 heteroatoms. The molecule has 0 saturated heterocycles. The highest BCUT2D eigenvalue weighted by atomic mass is 79.9. The molecule has 1 rings (SSSR count). The highest BCUT2D eigenvalue weighted by Crippen LogP contribution is 2.25. The monoisotopic (exact) mass is 299 g/mol. The maximum atomic E-state index is 11.9. The first kappa shape index (κ1) is 12.8. The second-order valence-corrected chi connectivity index (χ2v) is 3.36. The van der Waals surface area contributed by atoms with E-state index in [-0.39, 0.29) is 10.3 Å². The van der Waals surface area contributed by atoms with Crippen molar-refractivity contribution >= 4 is 21.9 Å². The third-order valence-corrected chi connectivity index (χ3v) is 1.80. The van der Waals surface area contributed by atoms with Crippen LogP contribution in [0.2, 0.25) is 0 Å². The van der Waals surface area contributed by atoms with Crippen LogP contribution in [0.15, 0.2) is 16.7 Å². The lowest BCUT2D eigenvalue weighted by Gasteiger charge is -2.09. The Hall–Kier alpha value is -1.31. The number of carbonyl (C=O) groups excluding carboxylic acids is 1. The minimum atomic E-state index is -4.83. The molecule has 0 atom stereocenters.